The first kappa shape index (κ1) is 43.9. The molecule has 0 aliphatic carbocycles. The molecular weight excluding hydrogens is 749 g/mol. The van der Waals surface area contributed by atoms with E-state index in [9.17, 15) is 9.59 Å². The van der Waals surface area contributed by atoms with Gasteiger partial charge in [-0.2, -0.15) is 0 Å². The van der Waals surface area contributed by atoms with Crippen LogP contribution in [0.5, 0.6) is 0 Å². The molecule has 0 spiro atoms. The Morgan fingerprint density at radius 1 is 0.607 bits per heavy atom. The van der Waals surface area contributed by atoms with Crippen molar-refractivity contribution in [1.29, 1.82) is 0 Å². The van der Waals surface area contributed by atoms with E-state index in [2.05, 4.69) is 40.9 Å². The van der Waals surface area contributed by atoms with E-state index in [4.69, 9.17) is 0 Å². The number of aryl methyl sites for hydroxylation is 4. The first-order valence-electron chi connectivity index (χ1n) is 18.5. The molecule has 2 N–H and O–H groups in total. The molecule has 2 heterocycles. The average molecular weight is 807 g/mol. The van der Waals surface area contributed by atoms with Crippen molar-refractivity contribution in [3.05, 3.63) is 73.3 Å². The highest BCUT2D eigenvalue weighted by atomic mass is 33.1. The number of anilines is 2. The van der Waals surface area contributed by atoms with Gasteiger partial charge in [-0.15, -0.1) is 0 Å². The molecule has 0 radical (unpaired) electrons. The van der Waals surface area contributed by atoms with Gasteiger partial charge >= 0.3 is 11.9 Å². The molecule has 2 aromatic carbocycles. The van der Waals surface area contributed by atoms with Gasteiger partial charge in [0.1, 0.15) is 11.4 Å². The van der Waals surface area contributed by atoms with E-state index in [0.717, 1.165) is 72.3 Å². The minimum Gasteiger partial charge on any atom is -0.373 e. The van der Waals surface area contributed by atoms with E-state index < -0.39 is 0 Å². The van der Waals surface area contributed by atoms with Gasteiger partial charge in [-0.05, 0) is 62.6 Å². The predicted octanol–water partition coefficient (Wildman–Crippen LogP) is 3.89. The van der Waals surface area contributed by atoms with Gasteiger partial charge in [0.15, 0.2) is 0 Å². The summed E-state index contributed by atoms with van der Waals surface area (Å²) in [5.41, 5.74) is 3.72. The molecule has 2 aromatic heterocycles. The number of nitrogens with zero attached hydrogens (tertiary/aromatic N) is 12. The maximum atomic E-state index is 12.5. The first-order chi connectivity index (χ1) is 26.9. The van der Waals surface area contributed by atoms with Crippen LogP contribution in [0.1, 0.15) is 0 Å². The van der Waals surface area contributed by atoms with E-state index in [1.165, 1.54) is 0 Å². The van der Waals surface area contributed by atoms with Crippen molar-refractivity contribution in [2.45, 2.75) is 0 Å². The lowest BCUT2D eigenvalue weighted by Gasteiger charge is -2.23. The lowest BCUT2D eigenvalue weighted by Crippen LogP contribution is -2.39. The second-order valence-electron chi connectivity index (χ2n) is 13.7. The van der Waals surface area contributed by atoms with Crippen molar-refractivity contribution >= 4 is 68.0 Å². The number of nitrogens with one attached hydrogen (secondary N) is 2. The minimum absolute atomic E-state index is 0.0127. The maximum absolute atomic E-state index is 12.5. The summed E-state index contributed by atoms with van der Waals surface area (Å²) in [6.07, 6.45) is 7.75. The third-order valence-corrected chi connectivity index (χ3v) is 11.3. The van der Waals surface area contributed by atoms with Gasteiger partial charge in [0, 0.05) is 86.5 Å². The average Bonchev–Trinajstić information content (AvgIpc) is 3.69. The number of hydrogen-bond donors (Lipinski definition) is 2. The predicted molar refractivity (Wildman–Crippen MR) is 227 cm³/mol. The Balaban J connectivity index is 0.987. The summed E-state index contributed by atoms with van der Waals surface area (Å²) in [4.78, 5) is 33.3. The highest BCUT2D eigenvalue weighted by Gasteiger charge is 2.13. The Morgan fingerprint density at radius 3 is 1.32 bits per heavy atom. The van der Waals surface area contributed by atoms with E-state index >= 15 is 0 Å². The fraction of sp³-hybridized carbons (Fsp3) is 0.474. The smallest absolute Gasteiger partial charge is 0.373 e. The van der Waals surface area contributed by atoms with Crippen molar-refractivity contribution in [3.63, 3.8) is 0 Å². The molecule has 0 bridgehead atoms. The minimum atomic E-state index is 0.0127. The molecule has 302 valence electrons. The van der Waals surface area contributed by atoms with Gasteiger partial charge < -0.3 is 20.4 Å². The second-order valence-corrected chi connectivity index (χ2v) is 16.4. The SMILES string of the molecule is CN(CCN(C)c1ccc(N=Nc2n(C)cc[n+]2C)cc1)CC(=O)NCCSSCCNC(=O)CN(C)CCN(C)c1ccc(N=Nc2n(C)cc[n+]2C)cc1. The summed E-state index contributed by atoms with van der Waals surface area (Å²) in [5.74, 6) is 3.15. The number of azo groups is 2. The normalized spacial score (nSPS) is 11.7. The van der Waals surface area contributed by atoms with Crippen LogP contribution >= 0.6 is 21.6 Å². The van der Waals surface area contributed by atoms with Gasteiger partial charge in [0.05, 0.1) is 66.1 Å². The van der Waals surface area contributed by atoms with Gasteiger partial charge in [-0.1, -0.05) is 31.8 Å². The van der Waals surface area contributed by atoms with Gasteiger partial charge in [0.25, 0.3) is 0 Å². The Labute approximate surface area is 339 Å². The third kappa shape index (κ3) is 14.7. The Kier molecular flexibility index (Phi) is 17.8. The summed E-state index contributed by atoms with van der Waals surface area (Å²) in [6, 6.07) is 15.9. The van der Waals surface area contributed by atoms with E-state index in [0.29, 0.717) is 26.2 Å². The number of rotatable bonds is 23. The molecule has 0 fully saturated rings. The number of likely N-dealkylation sites (N-methyl/N-ethyl adjacent to an activating group) is 4. The largest absolute Gasteiger partial charge is 0.421 e. The van der Waals surface area contributed by atoms with Crippen LogP contribution in [0.2, 0.25) is 0 Å². The number of amides is 2. The number of carbonyl (C=O) groups excluding carboxylic acids is 2. The van der Waals surface area contributed by atoms with E-state index in [1.807, 2.05) is 158 Å². The summed E-state index contributed by atoms with van der Waals surface area (Å²) in [5, 5.41) is 23.4. The van der Waals surface area contributed by atoms with E-state index in [1.54, 1.807) is 21.6 Å². The van der Waals surface area contributed by atoms with Crippen molar-refractivity contribution in [3.8, 4) is 0 Å². The van der Waals surface area contributed by atoms with Crippen LogP contribution in [0, 0.1) is 0 Å². The molecule has 4 rings (SSSR count). The molecule has 0 saturated heterocycles. The highest BCUT2D eigenvalue weighted by Crippen LogP contribution is 2.22. The quantitative estimate of drug-likeness (QED) is 0.0499. The number of hydrogen-bond acceptors (Lipinski definition) is 12. The lowest BCUT2D eigenvalue weighted by molar-refractivity contribution is -0.657. The van der Waals surface area contributed by atoms with Crippen molar-refractivity contribution in [2.75, 3.05) is 102 Å². The summed E-state index contributed by atoms with van der Waals surface area (Å²) >= 11 is 0. The van der Waals surface area contributed by atoms with Crippen LogP contribution in [0.4, 0.5) is 34.6 Å². The number of carbonyl (C=O) groups is 2. The Bertz CT molecular complexity index is 1700. The number of benzene rings is 2. The standard InChI is InChI=1S/C38H56N14O2S2/c1-45(19-21-47(3)33-13-9-31(10-14-33)41-43-37-49(5)23-24-50(37)6)29-35(53)39-17-27-55-56-28-18-40-36(54)30-46(2)20-22-48(4)34-15-11-32(12-16-34)42-44-38-51(7)25-26-52(38)8/h9-16,23-26H,17-22,27-30H2,1-8H3/p+2. The summed E-state index contributed by atoms with van der Waals surface area (Å²) in [7, 11) is 19.1. The number of aromatic nitrogens is 4. The van der Waals surface area contributed by atoms with Crippen molar-refractivity contribution in [2.24, 2.45) is 48.6 Å². The molecule has 18 heteroatoms. The van der Waals surface area contributed by atoms with Crippen molar-refractivity contribution in [1.82, 2.24) is 29.6 Å². The molecule has 0 atom stereocenters. The molecular formula is C38H58N14O2S2+2. The molecule has 4 aromatic rings. The molecule has 0 aliphatic rings. The molecule has 2 amide bonds. The third-order valence-electron chi connectivity index (χ3n) is 8.94. The van der Waals surface area contributed by atoms with Crippen LogP contribution in [-0.2, 0) is 37.8 Å². The van der Waals surface area contributed by atoms with Crippen LogP contribution < -0.4 is 29.6 Å². The molecule has 0 saturated carbocycles. The molecule has 0 unspecified atom stereocenters. The summed E-state index contributed by atoms with van der Waals surface area (Å²) in [6.45, 7) is 4.93. The zero-order valence-electron chi connectivity index (χ0n) is 34.0. The zero-order valence-corrected chi connectivity index (χ0v) is 35.6. The Hall–Kier alpha value is -4.78. The fourth-order valence-corrected chi connectivity index (χ4v) is 7.25. The molecule has 0 aliphatic heterocycles. The summed E-state index contributed by atoms with van der Waals surface area (Å²) < 4.78 is 7.67. The van der Waals surface area contributed by atoms with Crippen LogP contribution in [0.25, 0.3) is 0 Å². The van der Waals surface area contributed by atoms with Crippen LogP contribution in [0.3, 0.4) is 0 Å². The Morgan fingerprint density at radius 2 is 0.982 bits per heavy atom. The molecule has 56 heavy (non-hydrogen) atoms. The second kappa shape index (κ2) is 22.7. The van der Waals surface area contributed by atoms with Gasteiger partial charge in [0.2, 0.25) is 11.8 Å². The van der Waals surface area contributed by atoms with Gasteiger partial charge in [-0.25, -0.2) is 18.3 Å². The van der Waals surface area contributed by atoms with E-state index in [-0.39, 0.29) is 11.8 Å². The van der Waals surface area contributed by atoms with Crippen LogP contribution in [0.15, 0.2) is 93.8 Å². The van der Waals surface area contributed by atoms with Gasteiger partial charge in [-0.3, -0.25) is 19.4 Å². The fourth-order valence-electron chi connectivity index (χ4n) is 5.44. The lowest BCUT2D eigenvalue weighted by atomic mass is 10.2. The topological polar surface area (TPSA) is 138 Å². The number of imidazole rings is 2. The van der Waals surface area contributed by atoms with Crippen LogP contribution in [-0.4, -0.2) is 123 Å². The monoisotopic (exact) mass is 806 g/mol. The maximum Gasteiger partial charge on any atom is 0.421 e. The highest BCUT2D eigenvalue weighted by molar-refractivity contribution is 8.76. The first-order valence-corrected chi connectivity index (χ1v) is 21.0. The molecule has 16 nitrogen and oxygen atoms in total. The zero-order chi connectivity index (χ0) is 40.5. The van der Waals surface area contributed by atoms with Crippen molar-refractivity contribution < 1.29 is 18.7 Å².